The van der Waals surface area contributed by atoms with Gasteiger partial charge in [-0.3, -0.25) is 4.79 Å². The number of ether oxygens (including phenoxy) is 1. The standard InChI is InChI=1S/C21H32N2O3/c1-16(2)26-14-13-23-11-8-19(9-12-23)22-20(24)21(25)10-7-17-5-3-4-6-18(17)15-21/h3-6,16,19,25H,7-15H2,1-2H3,(H,22,24). The molecule has 2 aliphatic rings. The summed E-state index contributed by atoms with van der Waals surface area (Å²) in [6.45, 7) is 7.74. The van der Waals surface area contributed by atoms with Crippen LogP contribution in [0.1, 0.15) is 44.2 Å². The van der Waals surface area contributed by atoms with Crippen molar-refractivity contribution in [2.75, 3.05) is 26.2 Å². The van der Waals surface area contributed by atoms with E-state index in [1.807, 2.05) is 18.2 Å². The molecule has 2 N–H and O–H groups in total. The Hall–Kier alpha value is -1.43. The summed E-state index contributed by atoms with van der Waals surface area (Å²) in [5.41, 5.74) is 1.08. The number of piperidine rings is 1. The predicted molar refractivity (Wildman–Crippen MR) is 102 cm³/mol. The van der Waals surface area contributed by atoms with Gasteiger partial charge in [-0.2, -0.15) is 0 Å². The second kappa shape index (κ2) is 8.51. The number of rotatable bonds is 6. The van der Waals surface area contributed by atoms with Crippen molar-refractivity contribution >= 4 is 5.91 Å². The summed E-state index contributed by atoms with van der Waals surface area (Å²) >= 11 is 0. The quantitative estimate of drug-likeness (QED) is 0.814. The molecule has 1 heterocycles. The van der Waals surface area contributed by atoms with E-state index in [9.17, 15) is 9.90 Å². The summed E-state index contributed by atoms with van der Waals surface area (Å²) in [7, 11) is 0. The van der Waals surface area contributed by atoms with Gasteiger partial charge in [0.2, 0.25) is 0 Å². The molecule has 0 bridgehead atoms. The van der Waals surface area contributed by atoms with Crippen LogP contribution in [0.3, 0.4) is 0 Å². The van der Waals surface area contributed by atoms with Gasteiger partial charge in [-0.25, -0.2) is 0 Å². The van der Waals surface area contributed by atoms with Crippen LogP contribution in [0.2, 0.25) is 0 Å². The van der Waals surface area contributed by atoms with Crippen molar-refractivity contribution in [3.63, 3.8) is 0 Å². The summed E-state index contributed by atoms with van der Waals surface area (Å²) in [6, 6.07) is 8.26. The third kappa shape index (κ3) is 4.84. The minimum Gasteiger partial charge on any atom is -0.380 e. The van der Waals surface area contributed by atoms with Crippen LogP contribution < -0.4 is 5.32 Å². The monoisotopic (exact) mass is 360 g/mol. The lowest BCUT2D eigenvalue weighted by atomic mass is 9.79. The maximum absolute atomic E-state index is 12.7. The van der Waals surface area contributed by atoms with Crippen LogP contribution in [-0.2, 0) is 22.4 Å². The van der Waals surface area contributed by atoms with Gasteiger partial charge >= 0.3 is 0 Å². The van der Waals surface area contributed by atoms with Gasteiger partial charge in [0.05, 0.1) is 12.7 Å². The van der Waals surface area contributed by atoms with Gasteiger partial charge < -0.3 is 20.1 Å². The minimum atomic E-state index is -1.27. The number of nitrogens with one attached hydrogen (secondary N) is 1. The van der Waals surface area contributed by atoms with Gasteiger partial charge in [0.1, 0.15) is 5.60 Å². The molecule has 1 unspecified atom stereocenters. The van der Waals surface area contributed by atoms with Gasteiger partial charge in [0, 0.05) is 32.1 Å². The first-order valence-corrected chi connectivity index (χ1v) is 9.90. The third-order valence-corrected chi connectivity index (χ3v) is 5.61. The number of carbonyl (C=O) groups is 1. The SMILES string of the molecule is CC(C)OCCN1CCC(NC(=O)C2(O)CCc3ccccc3C2)CC1. The van der Waals surface area contributed by atoms with Crippen LogP contribution in [-0.4, -0.2) is 59.9 Å². The van der Waals surface area contributed by atoms with Crippen molar-refractivity contribution < 1.29 is 14.6 Å². The van der Waals surface area contributed by atoms with Crippen LogP contribution in [0, 0.1) is 0 Å². The molecule has 0 saturated carbocycles. The number of amides is 1. The van der Waals surface area contributed by atoms with Gasteiger partial charge in [0.25, 0.3) is 5.91 Å². The summed E-state index contributed by atoms with van der Waals surface area (Å²) in [4.78, 5) is 15.1. The molecule has 1 amide bonds. The highest BCUT2D eigenvalue weighted by molar-refractivity contribution is 5.86. The fraction of sp³-hybridized carbons (Fsp3) is 0.667. The molecule has 1 aliphatic carbocycles. The summed E-state index contributed by atoms with van der Waals surface area (Å²) in [6.07, 6.45) is 3.81. The molecule has 144 valence electrons. The van der Waals surface area contributed by atoms with E-state index < -0.39 is 5.60 Å². The Morgan fingerprint density at radius 1 is 1.31 bits per heavy atom. The van der Waals surface area contributed by atoms with Gasteiger partial charge in [-0.1, -0.05) is 24.3 Å². The Morgan fingerprint density at radius 3 is 2.69 bits per heavy atom. The Bertz CT molecular complexity index is 611. The highest BCUT2D eigenvalue weighted by atomic mass is 16.5. The number of aryl methyl sites for hydroxylation is 1. The van der Waals surface area contributed by atoms with Crippen molar-refractivity contribution in [1.82, 2.24) is 10.2 Å². The summed E-state index contributed by atoms with van der Waals surface area (Å²) in [5, 5.41) is 14.0. The maximum Gasteiger partial charge on any atom is 0.252 e. The number of nitrogens with zero attached hydrogens (tertiary/aromatic N) is 1. The fourth-order valence-corrected chi connectivity index (χ4v) is 3.95. The summed E-state index contributed by atoms with van der Waals surface area (Å²) < 4.78 is 5.61. The zero-order valence-corrected chi connectivity index (χ0v) is 16.0. The lowest BCUT2D eigenvalue weighted by molar-refractivity contribution is -0.142. The number of carbonyl (C=O) groups excluding carboxylic acids is 1. The van der Waals surface area contributed by atoms with Crippen LogP contribution in [0.4, 0.5) is 0 Å². The number of aliphatic hydroxyl groups is 1. The van der Waals surface area contributed by atoms with E-state index in [-0.39, 0.29) is 18.1 Å². The maximum atomic E-state index is 12.7. The molecular weight excluding hydrogens is 328 g/mol. The van der Waals surface area contributed by atoms with Gasteiger partial charge in [-0.15, -0.1) is 0 Å². The molecule has 1 saturated heterocycles. The second-order valence-electron chi connectivity index (χ2n) is 7.99. The first kappa shape index (κ1) is 19.3. The lowest BCUT2D eigenvalue weighted by Crippen LogP contribution is -2.55. The van der Waals surface area contributed by atoms with E-state index in [2.05, 4.69) is 30.1 Å². The van der Waals surface area contributed by atoms with Crippen LogP contribution in [0.15, 0.2) is 24.3 Å². The van der Waals surface area contributed by atoms with E-state index in [1.54, 1.807) is 0 Å². The predicted octanol–water partition coefficient (Wildman–Crippen LogP) is 1.91. The Kier molecular flexibility index (Phi) is 6.33. The molecule has 0 radical (unpaired) electrons. The fourth-order valence-electron chi connectivity index (χ4n) is 3.95. The summed E-state index contributed by atoms with van der Waals surface area (Å²) in [5.74, 6) is -0.200. The van der Waals surface area contributed by atoms with Crippen molar-refractivity contribution in [3.05, 3.63) is 35.4 Å². The van der Waals surface area contributed by atoms with Crippen molar-refractivity contribution in [3.8, 4) is 0 Å². The number of hydrogen-bond acceptors (Lipinski definition) is 4. The molecule has 0 spiro atoms. The second-order valence-corrected chi connectivity index (χ2v) is 7.99. The molecular formula is C21H32N2O3. The van der Waals surface area contributed by atoms with Gasteiger partial charge in [0.15, 0.2) is 0 Å². The molecule has 1 aromatic carbocycles. The van der Waals surface area contributed by atoms with Crippen LogP contribution in [0.5, 0.6) is 0 Å². The Balaban J connectivity index is 1.46. The van der Waals surface area contributed by atoms with Gasteiger partial charge in [-0.05, 0) is 50.7 Å². The van der Waals surface area contributed by atoms with Crippen molar-refractivity contribution in [2.45, 2.75) is 63.7 Å². The topological polar surface area (TPSA) is 61.8 Å². The number of fused-ring (bicyclic) bond motifs is 1. The molecule has 1 atom stereocenters. The average Bonchev–Trinajstić information content (AvgIpc) is 2.62. The normalized spacial score (nSPS) is 24.5. The molecule has 1 aromatic rings. The van der Waals surface area contributed by atoms with Crippen LogP contribution in [0.25, 0.3) is 0 Å². The van der Waals surface area contributed by atoms with Crippen LogP contribution >= 0.6 is 0 Å². The molecule has 1 aliphatic heterocycles. The Labute approximate surface area is 156 Å². The first-order chi connectivity index (χ1) is 12.5. The van der Waals surface area contributed by atoms with E-state index in [1.165, 1.54) is 5.56 Å². The highest BCUT2D eigenvalue weighted by Crippen LogP contribution is 2.29. The van der Waals surface area contributed by atoms with Crippen molar-refractivity contribution in [1.29, 1.82) is 0 Å². The van der Waals surface area contributed by atoms with E-state index in [0.717, 1.165) is 51.1 Å². The zero-order chi connectivity index (χ0) is 18.6. The first-order valence-electron chi connectivity index (χ1n) is 9.90. The third-order valence-electron chi connectivity index (χ3n) is 5.61. The molecule has 0 aromatic heterocycles. The molecule has 26 heavy (non-hydrogen) atoms. The highest BCUT2D eigenvalue weighted by Gasteiger charge is 2.40. The zero-order valence-electron chi connectivity index (χ0n) is 16.0. The lowest BCUT2D eigenvalue weighted by Gasteiger charge is -2.36. The minimum absolute atomic E-state index is 0.158. The Morgan fingerprint density at radius 2 is 2.00 bits per heavy atom. The van der Waals surface area contributed by atoms with E-state index >= 15 is 0 Å². The van der Waals surface area contributed by atoms with Crippen molar-refractivity contribution in [2.24, 2.45) is 0 Å². The largest absolute Gasteiger partial charge is 0.380 e. The molecule has 1 fully saturated rings. The molecule has 5 nitrogen and oxygen atoms in total. The molecule has 5 heteroatoms. The smallest absolute Gasteiger partial charge is 0.252 e. The number of benzene rings is 1. The number of likely N-dealkylation sites (tertiary alicyclic amines) is 1. The van der Waals surface area contributed by atoms with E-state index in [0.29, 0.717) is 12.8 Å². The number of hydrogen-bond donors (Lipinski definition) is 2. The average molecular weight is 360 g/mol. The van der Waals surface area contributed by atoms with E-state index in [4.69, 9.17) is 4.74 Å². The molecule has 3 rings (SSSR count).